The second-order valence-corrected chi connectivity index (χ2v) is 4.20. The first-order valence-electron chi connectivity index (χ1n) is 5.79. The van der Waals surface area contributed by atoms with Crippen molar-refractivity contribution in [2.45, 2.75) is 0 Å². The minimum Gasteiger partial charge on any atom is -0.477 e. The van der Waals surface area contributed by atoms with E-state index >= 15 is 0 Å². The zero-order valence-corrected chi connectivity index (χ0v) is 12.7. The Morgan fingerprint density at radius 2 is 1.85 bits per heavy atom. The van der Waals surface area contributed by atoms with E-state index in [2.05, 4.69) is 9.97 Å². The van der Waals surface area contributed by atoms with Gasteiger partial charge in [-0.2, -0.15) is 0 Å². The Balaban J connectivity index is 0.00000147. The van der Waals surface area contributed by atoms with Gasteiger partial charge in [0, 0.05) is 7.05 Å². The summed E-state index contributed by atoms with van der Waals surface area (Å²) in [6.45, 7) is 0. The Morgan fingerprint density at radius 3 is 2.55 bits per heavy atom. The van der Waals surface area contributed by atoms with Crippen LogP contribution in [0.1, 0.15) is 10.5 Å². The van der Waals surface area contributed by atoms with Gasteiger partial charge in [0.05, 0.1) is 11.0 Å². The Hall–Kier alpha value is -1.40. The van der Waals surface area contributed by atoms with Crippen molar-refractivity contribution < 1.29 is 48.5 Å². The number of aryl methyl sites for hydroxylation is 1. The maximum atomic E-state index is 11.0. The minimum absolute atomic E-state index is 0. The van der Waals surface area contributed by atoms with E-state index in [-0.39, 0.29) is 44.3 Å². The molecule has 100 valence electrons. The predicted molar refractivity (Wildman–Crippen MR) is 70.9 cm³/mol. The van der Waals surface area contributed by atoms with Crippen LogP contribution in [0, 0.1) is 38.6 Å². The van der Waals surface area contributed by atoms with Crippen molar-refractivity contribution >= 4 is 17.0 Å². The Morgan fingerprint density at radius 1 is 1.10 bits per heavy atom. The number of aromatic nitrogens is 3. The quantitative estimate of drug-likeness (QED) is 0.702. The van der Waals surface area contributed by atoms with Gasteiger partial charge in [0.25, 0.3) is 0 Å². The van der Waals surface area contributed by atoms with Crippen LogP contribution in [0.25, 0.3) is 22.6 Å². The summed E-state index contributed by atoms with van der Waals surface area (Å²) in [5.41, 5.74) is 2.42. The van der Waals surface area contributed by atoms with Gasteiger partial charge in [-0.05, 0) is 24.3 Å². The summed E-state index contributed by atoms with van der Waals surface area (Å²) < 4.78 is 1.91. The van der Waals surface area contributed by atoms with E-state index in [1.807, 2.05) is 35.9 Å². The van der Waals surface area contributed by atoms with E-state index in [1.54, 1.807) is 12.1 Å². The van der Waals surface area contributed by atoms with Gasteiger partial charge in [0.2, 0.25) is 0 Å². The monoisotopic (exact) mass is 412 g/mol. The van der Waals surface area contributed by atoms with Crippen LogP contribution in [-0.4, -0.2) is 25.6 Å². The number of pyridine rings is 1. The first kappa shape index (κ1) is 15.0. The van der Waals surface area contributed by atoms with E-state index in [9.17, 15) is 4.79 Å². The maximum absolute atomic E-state index is 11.0. The van der Waals surface area contributed by atoms with Crippen LogP contribution in [0.15, 0.2) is 42.5 Å². The van der Waals surface area contributed by atoms with Crippen LogP contribution in [0.2, 0.25) is 0 Å². The molecule has 2 aromatic heterocycles. The van der Waals surface area contributed by atoms with Crippen LogP contribution in [-0.2, 0) is 7.05 Å². The van der Waals surface area contributed by atoms with Gasteiger partial charge in [0.1, 0.15) is 11.4 Å². The minimum atomic E-state index is -1.04. The van der Waals surface area contributed by atoms with E-state index < -0.39 is 5.97 Å². The van der Waals surface area contributed by atoms with Crippen molar-refractivity contribution in [1.29, 1.82) is 0 Å². The molecule has 0 saturated heterocycles. The molecule has 0 fully saturated rings. The molecule has 0 saturated carbocycles. The molecule has 0 radical (unpaired) electrons. The Labute approximate surface area is 146 Å². The average molecular weight is 412 g/mol. The number of carboxylic acids is 1. The normalized spacial score (nSPS) is 10.2. The third-order valence-electron chi connectivity index (χ3n) is 2.98. The van der Waals surface area contributed by atoms with Gasteiger partial charge in [-0.15, -0.1) is 0 Å². The third kappa shape index (κ3) is 2.57. The summed E-state index contributed by atoms with van der Waals surface area (Å²) in [4.78, 5) is 19.6. The molecule has 2 heterocycles. The van der Waals surface area contributed by atoms with Crippen molar-refractivity contribution in [3.8, 4) is 11.5 Å². The fourth-order valence-electron chi connectivity index (χ4n) is 2.05. The number of para-hydroxylation sites is 2. The van der Waals surface area contributed by atoms with Gasteiger partial charge < -0.3 is 9.67 Å². The van der Waals surface area contributed by atoms with Gasteiger partial charge in [0.15, 0.2) is 5.82 Å². The molecule has 0 aliphatic heterocycles. The van der Waals surface area contributed by atoms with Crippen LogP contribution >= 0.6 is 0 Å². The van der Waals surface area contributed by atoms with Crippen LogP contribution in [0.4, 0.5) is 0 Å². The molecular weight excluding hydrogens is 401 g/mol. The fraction of sp³-hybridized carbons (Fsp3) is 0.0714. The molecule has 3 rings (SSSR count). The van der Waals surface area contributed by atoms with E-state index in [4.69, 9.17) is 5.11 Å². The number of imidazole rings is 1. The molecule has 0 amide bonds. The molecular formula is C14H11N3O2Tb+3. The summed E-state index contributed by atoms with van der Waals surface area (Å²) in [5.74, 6) is -0.384. The van der Waals surface area contributed by atoms with Gasteiger partial charge in [-0.1, -0.05) is 18.2 Å². The standard InChI is InChI=1S/C14H11N3O2.Tb/c1-17-12-8-3-2-5-9(12)16-13(17)10-6-4-7-11(15-10)14(18)19;/h2-8H,1H3,(H,18,19);/q;+3. The molecule has 0 aliphatic carbocycles. The smallest absolute Gasteiger partial charge is 0.477 e. The van der Waals surface area contributed by atoms with E-state index in [0.717, 1.165) is 11.0 Å². The van der Waals surface area contributed by atoms with Gasteiger partial charge in [-0.3, -0.25) is 0 Å². The van der Waals surface area contributed by atoms with Crippen LogP contribution in [0.5, 0.6) is 0 Å². The molecule has 0 spiro atoms. The summed E-state index contributed by atoms with van der Waals surface area (Å²) in [7, 11) is 1.89. The van der Waals surface area contributed by atoms with Crippen molar-refractivity contribution in [2.24, 2.45) is 7.05 Å². The zero-order valence-electron chi connectivity index (χ0n) is 10.6. The maximum Gasteiger partial charge on any atom is 3.00 e. The Bertz CT molecular complexity index is 783. The molecule has 3 aromatic rings. The number of benzene rings is 1. The molecule has 5 nitrogen and oxygen atoms in total. The number of rotatable bonds is 2. The van der Waals surface area contributed by atoms with Crippen LogP contribution < -0.4 is 0 Å². The Kier molecular flexibility index (Phi) is 4.44. The zero-order chi connectivity index (χ0) is 13.4. The molecule has 0 bridgehead atoms. The van der Waals surface area contributed by atoms with Crippen molar-refractivity contribution in [3.05, 3.63) is 48.2 Å². The number of fused-ring (bicyclic) bond motifs is 1. The van der Waals surface area contributed by atoms with Crippen LogP contribution in [0.3, 0.4) is 0 Å². The number of aromatic carboxylic acids is 1. The number of carbonyl (C=O) groups is 1. The molecule has 6 heteroatoms. The predicted octanol–water partition coefficient (Wildman–Crippen LogP) is 2.33. The molecule has 1 aromatic carbocycles. The molecule has 1 N–H and O–H groups in total. The average Bonchev–Trinajstić information content (AvgIpc) is 2.77. The number of nitrogens with zero attached hydrogens (tertiary/aromatic N) is 3. The van der Waals surface area contributed by atoms with Gasteiger partial charge in [-0.25, -0.2) is 14.8 Å². The fourth-order valence-corrected chi connectivity index (χ4v) is 2.05. The van der Waals surface area contributed by atoms with Crippen molar-refractivity contribution in [3.63, 3.8) is 0 Å². The van der Waals surface area contributed by atoms with E-state index in [0.29, 0.717) is 11.5 Å². The molecule has 0 unspecified atom stereocenters. The SMILES string of the molecule is Cn1c(-c2cccc(C(=O)O)n2)nc2ccccc21.[Tb+3]. The summed E-state index contributed by atoms with van der Waals surface area (Å²) in [5, 5.41) is 8.98. The third-order valence-corrected chi connectivity index (χ3v) is 2.98. The number of hydrogen-bond acceptors (Lipinski definition) is 3. The number of carboxylic acid groups (broad SMARTS) is 1. The second kappa shape index (κ2) is 5.93. The first-order chi connectivity index (χ1) is 9.16. The topological polar surface area (TPSA) is 68.0 Å². The number of hydrogen-bond donors (Lipinski definition) is 1. The summed E-state index contributed by atoms with van der Waals surface area (Å²) in [6.07, 6.45) is 0. The first-order valence-corrected chi connectivity index (χ1v) is 5.79. The molecule has 0 aliphatic rings. The molecule has 20 heavy (non-hydrogen) atoms. The largest absolute Gasteiger partial charge is 3.00 e. The summed E-state index contributed by atoms with van der Waals surface area (Å²) in [6, 6.07) is 12.6. The molecule has 0 atom stereocenters. The second-order valence-electron chi connectivity index (χ2n) is 4.20. The van der Waals surface area contributed by atoms with Gasteiger partial charge >= 0.3 is 44.6 Å². The van der Waals surface area contributed by atoms with Crippen molar-refractivity contribution in [2.75, 3.05) is 0 Å². The van der Waals surface area contributed by atoms with E-state index in [1.165, 1.54) is 6.07 Å². The van der Waals surface area contributed by atoms with Crippen molar-refractivity contribution in [1.82, 2.24) is 14.5 Å². The summed E-state index contributed by atoms with van der Waals surface area (Å²) >= 11 is 0.